The van der Waals surface area contributed by atoms with Gasteiger partial charge in [-0.15, -0.1) is 0 Å². The molecule has 0 bridgehead atoms. The predicted octanol–water partition coefficient (Wildman–Crippen LogP) is 5.22. The molecule has 0 unspecified atom stereocenters. The largest absolute Gasteiger partial charge is 0.494 e. The average Bonchev–Trinajstić information content (AvgIpc) is 2.90. The van der Waals surface area contributed by atoms with Crippen molar-refractivity contribution in [3.63, 3.8) is 0 Å². The van der Waals surface area contributed by atoms with E-state index in [2.05, 4.69) is 5.32 Å². The van der Waals surface area contributed by atoms with Crippen LogP contribution < -0.4 is 23.9 Å². The van der Waals surface area contributed by atoms with Crippen LogP contribution in [0.3, 0.4) is 0 Å². The average molecular weight is 605 g/mol. The number of rotatable bonds is 9. The van der Waals surface area contributed by atoms with Crippen LogP contribution >= 0.6 is 23.2 Å². The summed E-state index contributed by atoms with van der Waals surface area (Å²) in [4.78, 5) is 39.1. The number of halogens is 2. The Balaban J connectivity index is 1.69. The SMILES string of the molecule is CCOc1ccc(N2C(=O)NC(=O)/C(=C\c3cc(Cl)c(OS(=O)(=O)c4ccc(Cl)cc4)c(OCC)c3)C2=O)cc1. The van der Waals surface area contributed by atoms with Gasteiger partial charge in [-0.2, -0.15) is 8.42 Å². The number of benzene rings is 3. The number of carbonyl (C=O) groups excluding carboxylic acids is 3. The third kappa shape index (κ3) is 6.22. The van der Waals surface area contributed by atoms with Gasteiger partial charge in [-0.1, -0.05) is 23.2 Å². The molecular weight excluding hydrogens is 583 g/mol. The summed E-state index contributed by atoms with van der Waals surface area (Å²) in [6.07, 6.45) is 1.21. The van der Waals surface area contributed by atoms with Crippen LogP contribution in [0.15, 0.2) is 71.1 Å². The molecule has 1 aliphatic rings. The van der Waals surface area contributed by atoms with Gasteiger partial charge in [0.05, 0.1) is 23.9 Å². The highest BCUT2D eigenvalue weighted by atomic mass is 35.5. The number of barbiturate groups is 1. The molecule has 4 amide bonds. The van der Waals surface area contributed by atoms with Crippen molar-refractivity contribution in [1.29, 1.82) is 0 Å². The third-order valence-electron chi connectivity index (χ3n) is 5.45. The molecule has 208 valence electrons. The molecule has 13 heteroatoms. The van der Waals surface area contributed by atoms with E-state index in [0.29, 0.717) is 17.4 Å². The standard InChI is InChI=1S/C27H22Cl2N2O8S/c1-3-37-19-9-7-18(8-10-19)31-26(33)21(25(32)30-27(31)34)13-16-14-22(29)24(23(15-16)38-4-2)39-40(35,36)20-11-5-17(28)6-12-20/h5-15H,3-4H2,1-2H3,(H,30,32,34)/b21-13+. The van der Waals surface area contributed by atoms with Gasteiger partial charge in [0.15, 0.2) is 5.75 Å². The summed E-state index contributed by atoms with van der Waals surface area (Å²) < 4.78 is 41.9. The van der Waals surface area contributed by atoms with Crippen LogP contribution in [-0.4, -0.2) is 39.5 Å². The number of anilines is 1. The number of nitrogens with zero attached hydrogens (tertiary/aromatic N) is 1. The van der Waals surface area contributed by atoms with Crippen LogP contribution in [0.4, 0.5) is 10.5 Å². The van der Waals surface area contributed by atoms with E-state index >= 15 is 0 Å². The van der Waals surface area contributed by atoms with Crippen LogP contribution in [0.1, 0.15) is 19.4 Å². The fourth-order valence-electron chi connectivity index (χ4n) is 3.69. The Morgan fingerprint density at radius 2 is 1.55 bits per heavy atom. The number of hydrogen-bond donors (Lipinski definition) is 1. The number of hydrogen-bond acceptors (Lipinski definition) is 8. The van der Waals surface area contributed by atoms with Crippen molar-refractivity contribution in [2.45, 2.75) is 18.7 Å². The Labute approximate surface area is 240 Å². The summed E-state index contributed by atoms with van der Waals surface area (Å²) in [5, 5.41) is 2.31. The van der Waals surface area contributed by atoms with Gasteiger partial charge in [0, 0.05) is 5.02 Å². The molecule has 0 radical (unpaired) electrons. The summed E-state index contributed by atoms with van der Waals surface area (Å²) in [7, 11) is -4.31. The minimum atomic E-state index is -4.31. The van der Waals surface area contributed by atoms with Crippen molar-refractivity contribution in [3.05, 3.63) is 81.8 Å². The monoisotopic (exact) mass is 604 g/mol. The molecule has 40 heavy (non-hydrogen) atoms. The van der Waals surface area contributed by atoms with E-state index in [1.165, 1.54) is 54.6 Å². The van der Waals surface area contributed by atoms with E-state index in [1.807, 2.05) is 6.92 Å². The molecule has 1 saturated heterocycles. The van der Waals surface area contributed by atoms with Crippen LogP contribution in [0.2, 0.25) is 10.0 Å². The summed E-state index contributed by atoms with van der Waals surface area (Å²) in [6, 6.07) is 13.3. The molecule has 0 spiro atoms. The molecule has 3 aromatic rings. The first-order chi connectivity index (χ1) is 19.0. The molecular formula is C27H22Cl2N2O8S. The second-order valence-corrected chi connectivity index (χ2v) is 10.5. The zero-order valence-electron chi connectivity index (χ0n) is 21.1. The normalized spacial score (nSPS) is 14.8. The Morgan fingerprint density at radius 3 is 2.17 bits per heavy atom. The Bertz CT molecular complexity index is 1600. The van der Waals surface area contributed by atoms with E-state index in [0.717, 1.165) is 4.90 Å². The lowest BCUT2D eigenvalue weighted by atomic mass is 10.1. The van der Waals surface area contributed by atoms with Crippen LogP contribution in [-0.2, 0) is 19.7 Å². The van der Waals surface area contributed by atoms with Crippen molar-refractivity contribution >= 4 is 62.9 Å². The lowest BCUT2D eigenvalue weighted by molar-refractivity contribution is -0.122. The number of imide groups is 2. The topological polar surface area (TPSA) is 128 Å². The maximum Gasteiger partial charge on any atom is 0.339 e. The number of urea groups is 1. The Morgan fingerprint density at radius 1 is 0.900 bits per heavy atom. The van der Waals surface area contributed by atoms with Crippen molar-refractivity contribution in [2.24, 2.45) is 0 Å². The van der Waals surface area contributed by atoms with Gasteiger partial charge >= 0.3 is 16.1 Å². The molecule has 0 aliphatic carbocycles. The van der Waals surface area contributed by atoms with Crippen molar-refractivity contribution in [3.8, 4) is 17.2 Å². The molecule has 0 saturated carbocycles. The summed E-state index contributed by atoms with van der Waals surface area (Å²) >= 11 is 12.2. The zero-order valence-corrected chi connectivity index (χ0v) is 23.5. The molecule has 1 heterocycles. The van der Waals surface area contributed by atoms with Gasteiger partial charge in [0.25, 0.3) is 11.8 Å². The third-order valence-corrected chi connectivity index (χ3v) is 7.21. The minimum absolute atomic E-state index is 0.0532. The van der Waals surface area contributed by atoms with Gasteiger partial charge in [0.2, 0.25) is 5.75 Å². The molecule has 1 N–H and O–H groups in total. The highest BCUT2D eigenvalue weighted by molar-refractivity contribution is 7.87. The van der Waals surface area contributed by atoms with E-state index in [1.54, 1.807) is 19.1 Å². The maximum absolute atomic E-state index is 13.3. The van der Waals surface area contributed by atoms with Crippen LogP contribution in [0.5, 0.6) is 17.2 Å². The second kappa shape index (κ2) is 12.0. The summed E-state index contributed by atoms with van der Waals surface area (Å²) in [5.41, 5.74) is 0.0622. The van der Waals surface area contributed by atoms with Crippen molar-refractivity contribution in [1.82, 2.24) is 5.32 Å². The van der Waals surface area contributed by atoms with E-state index in [4.69, 9.17) is 36.9 Å². The van der Waals surface area contributed by atoms with E-state index in [9.17, 15) is 22.8 Å². The predicted molar refractivity (Wildman–Crippen MR) is 148 cm³/mol. The van der Waals surface area contributed by atoms with Gasteiger partial charge < -0.3 is 13.7 Å². The number of amides is 4. The fraction of sp³-hybridized carbons (Fsp3) is 0.148. The van der Waals surface area contributed by atoms with Crippen molar-refractivity contribution in [2.75, 3.05) is 18.1 Å². The number of ether oxygens (including phenoxy) is 2. The fourth-order valence-corrected chi connectivity index (χ4v) is 5.08. The minimum Gasteiger partial charge on any atom is -0.494 e. The number of carbonyl (C=O) groups is 3. The molecule has 1 fully saturated rings. The van der Waals surface area contributed by atoms with Gasteiger partial charge in [-0.3, -0.25) is 14.9 Å². The Hall–Kier alpha value is -4.06. The smallest absolute Gasteiger partial charge is 0.339 e. The lowest BCUT2D eigenvalue weighted by Crippen LogP contribution is -2.54. The number of nitrogens with one attached hydrogen (secondary N) is 1. The Kier molecular flexibility index (Phi) is 8.67. The van der Waals surface area contributed by atoms with Gasteiger partial charge in [0.1, 0.15) is 16.2 Å². The molecule has 10 nitrogen and oxygen atoms in total. The van der Waals surface area contributed by atoms with Crippen LogP contribution in [0, 0.1) is 0 Å². The summed E-state index contributed by atoms with van der Waals surface area (Å²) in [6.45, 7) is 4.04. The first-order valence-electron chi connectivity index (χ1n) is 11.8. The van der Waals surface area contributed by atoms with Gasteiger partial charge in [-0.25, -0.2) is 9.69 Å². The second-order valence-electron chi connectivity index (χ2n) is 8.14. The van der Waals surface area contributed by atoms with E-state index < -0.39 is 28.0 Å². The van der Waals surface area contributed by atoms with Gasteiger partial charge in [-0.05, 0) is 86.2 Å². The highest BCUT2D eigenvalue weighted by Crippen LogP contribution is 2.39. The summed E-state index contributed by atoms with van der Waals surface area (Å²) in [5.74, 6) is -1.59. The van der Waals surface area contributed by atoms with E-state index in [-0.39, 0.29) is 44.8 Å². The van der Waals surface area contributed by atoms with Crippen molar-refractivity contribution < 1.29 is 36.5 Å². The quantitative estimate of drug-likeness (QED) is 0.200. The molecule has 0 aromatic heterocycles. The lowest BCUT2D eigenvalue weighted by Gasteiger charge is -2.26. The highest BCUT2D eigenvalue weighted by Gasteiger charge is 2.37. The molecule has 1 aliphatic heterocycles. The molecule has 3 aromatic carbocycles. The molecule has 0 atom stereocenters. The molecule has 4 rings (SSSR count). The zero-order chi connectivity index (χ0) is 29.0. The first kappa shape index (κ1) is 28.9. The first-order valence-corrected chi connectivity index (χ1v) is 14.0. The van der Waals surface area contributed by atoms with Crippen LogP contribution in [0.25, 0.3) is 6.08 Å². The maximum atomic E-state index is 13.3.